The average Bonchev–Trinajstić information content (AvgIpc) is 3.20. The molecule has 2 heterocycles. The molecular weight excluding hydrogens is 410 g/mol. The van der Waals surface area contributed by atoms with E-state index in [0.29, 0.717) is 24.3 Å². The van der Waals surface area contributed by atoms with Crippen LogP contribution in [-0.4, -0.2) is 57.0 Å². The molecule has 2 aliphatic heterocycles. The van der Waals surface area contributed by atoms with Gasteiger partial charge in [0.25, 0.3) is 11.8 Å². The molecular formula is C20H19N3O6S. The van der Waals surface area contributed by atoms with Crippen molar-refractivity contribution in [3.63, 3.8) is 0 Å². The van der Waals surface area contributed by atoms with E-state index in [9.17, 15) is 22.8 Å². The fraction of sp³-hybridized carbons (Fsp3) is 0.250. The van der Waals surface area contributed by atoms with Gasteiger partial charge in [-0.15, -0.1) is 0 Å². The van der Waals surface area contributed by atoms with Crippen LogP contribution in [0.15, 0.2) is 42.5 Å². The smallest absolute Gasteiger partial charge is 0.262 e. The van der Waals surface area contributed by atoms with Crippen molar-refractivity contribution < 1.29 is 27.5 Å². The van der Waals surface area contributed by atoms with Crippen molar-refractivity contribution >= 4 is 39.1 Å². The SMILES string of the molecule is COc1cc(N2CCCS2(=O)=O)ccc1NC(=O)CN1C(=O)c2ccccc2C1=O. The zero-order valence-corrected chi connectivity index (χ0v) is 16.9. The van der Waals surface area contributed by atoms with Gasteiger partial charge in [0.1, 0.15) is 12.3 Å². The number of hydrogen-bond acceptors (Lipinski definition) is 6. The van der Waals surface area contributed by atoms with E-state index in [2.05, 4.69) is 5.32 Å². The number of amides is 3. The molecule has 0 aliphatic carbocycles. The molecule has 156 valence electrons. The lowest BCUT2D eigenvalue weighted by atomic mass is 10.1. The number of nitrogens with zero attached hydrogens (tertiary/aromatic N) is 2. The zero-order chi connectivity index (χ0) is 21.5. The van der Waals surface area contributed by atoms with Crippen molar-refractivity contribution in [1.82, 2.24) is 4.90 Å². The molecule has 3 amide bonds. The van der Waals surface area contributed by atoms with Crippen molar-refractivity contribution in [3.05, 3.63) is 53.6 Å². The number of carbonyl (C=O) groups is 3. The van der Waals surface area contributed by atoms with Crippen LogP contribution in [0.25, 0.3) is 0 Å². The highest BCUT2D eigenvalue weighted by molar-refractivity contribution is 7.93. The number of nitrogens with one attached hydrogen (secondary N) is 1. The van der Waals surface area contributed by atoms with E-state index in [-0.39, 0.29) is 22.6 Å². The Balaban J connectivity index is 1.50. The number of benzene rings is 2. The molecule has 0 radical (unpaired) electrons. The molecule has 0 unspecified atom stereocenters. The fourth-order valence-corrected chi connectivity index (χ4v) is 5.14. The van der Waals surface area contributed by atoms with Crippen LogP contribution in [0.4, 0.5) is 11.4 Å². The average molecular weight is 429 g/mol. The second kappa shape index (κ2) is 7.45. The van der Waals surface area contributed by atoms with Gasteiger partial charge in [0.2, 0.25) is 15.9 Å². The van der Waals surface area contributed by atoms with Crippen LogP contribution < -0.4 is 14.4 Å². The highest BCUT2D eigenvalue weighted by Gasteiger charge is 2.36. The Kier molecular flexibility index (Phi) is 4.94. The first-order valence-electron chi connectivity index (χ1n) is 9.25. The van der Waals surface area contributed by atoms with E-state index in [4.69, 9.17) is 4.74 Å². The van der Waals surface area contributed by atoms with Gasteiger partial charge in [-0.25, -0.2) is 8.42 Å². The van der Waals surface area contributed by atoms with Gasteiger partial charge >= 0.3 is 0 Å². The predicted octanol–water partition coefficient (Wildman–Crippen LogP) is 1.47. The summed E-state index contributed by atoms with van der Waals surface area (Å²) in [7, 11) is -1.95. The van der Waals surface area contributed by atoms with Gasteiger partial charge in [-0.1, -0.05) is 12.1 Å². The molecule has 0 bridgehead atoms. The first kappa shape index (κ1) is 19.9. The van der Waals surface area contributed by atoms with E-state index < -0.39 is 34.3 Å². The molecule has 0 spiro atoms. The second-order valence-electron chi connectivity index (χ2n) is 6.92. The van der Waals surface area contributed by atoms with Crippen LogP contribution in [0.2, 0.25) is 0 Å². The number of imide groups is 1. The number of carbonyl (C=O) groups excluding carboxylic acids is 3. The van der Waals surface area contributed by atoms with E-state index in [1.807, 2.05) is 0 Å². The number of anilines is 2. The molecule has 0 atom stereocenters. The molecule has 1 saturated heterocycles. The summed E-state index contributed by atoms with van der Waals surface area (Å²) >= 11 is 0. The molecule has 2 aromatic rings. The van der Waals surface area contributed by atoms with E-state index in [1.54, 1.807) is 30.3 Å². The maximum absolute atomic E-state index is 12.5. The number of ether oxygens (including phenoxy) is 1. The lowest BCUT2D eigenvalue weighted by Gasteiger charge is -2.19. The Bertz CT molecular complexity index is 1130. The summed E-state index contributed by atoms with van der Waals surface area (Å²) in [6.07, 6.45) is 0.545. The molecule has 1 fully saturated rings. The van der Waals surface area contributed by atoms with Crippen molar-refractivity contribution in [2.45, 2.75) is 6.42 Å². The quantitative estimate of drug-likeness (QED) is 0.720. The molecule has 1 N–H and O–H groups in total. The third-order valence-electron chi connectivity index (χ3n) is 5.03. The molecule has 0 aromatic heterocycles. The molecule has 2 aliphatic rings. The number of methoxy groups -OCH3 is 1. The molecule has 9 nitrogen and oxygen atoms in total. The Morgan fingerprint density at radius 1 is 1.10 bits per heavy atom. The van der Waals surface area contributed by atoms with Gasteiger partial charge in [-0.05, 0) is 30.7 Å². The van der Waals surface area contributed by atoms with Gasteiger partial charge in [-0.2, -0.15) is 0 Å². The van der Waals surface area contributed by atoms with Crippen molar-refractivity contribution in [2.24, 2.45) is 0 Å². The first-order chi connectivity index (χ1) is 14.3. The summed E-state index contributed by atoms with van der Waals surface area (Å²) in [5.41, 5.74) is 1.29. The van der Waals surface area contributed by atoms with Crippen molar-refractivity contribution in [2.75, 3.05) is 35.6 Å². The summed E-state index contributed by atoms with van der Waals surface area (Å²) in [5.74, 6) is -1.26. The standard InChI is InChI=1S/C20H19N3O6S/c1-29-17-11-13(23-9-4-10-30(23,27)28)7-8-16(17)21-18(24)12-22-19(25)14-5-2-3-6-15(14)20(22)26/h2-3,5-8,11H,4,9-10,12H2,1H3,(H,21,24). The maximum atomic E-state index is 12.5. The van der Waals surface area contributed by atoms with Crippen LogP contribution in [0, 0.1) is 0 Å². The van der Waals surface area contributed by atoms with Gasteiger partial charge in [0.05, 0.1) is 35.4 Å². The van der Waals surface area contributed by atoms with Crippen LogP contribution >= 0.6 is 0 Å². The lowest BCUT2D eigenvalue weighted by molar-refractivity contribution is -0.116. The third-order valence-corrected chi connectivity index (χ3v) is 6.90. The summed E-state index contributed by atoms with van der Waals surface area (Å²) in [6.45, 7) is -0.0608. The molecule has 4 rings (SSSR count). The number of sulfonamides is 1. The third kappa shape index (κ3) is 3.39. The first-order valence-corrected chi connectivity index (χ1v) is 10.9. The van der Waals surface area contributed by atoms with Crippen LogP contribution in [0.1, 0.15) is 27.1 Å². The van der Waals surface area contributed by atoms with E-state index in [0.717, 1.165) is 4.90 Å². The Morgan fingerprint density at radius 3 is 2.33 bits per heavy atom. The molecule has 2 aromatic carbocycles. The maximum Gasteiger partial charge on any atom is 0.262 e. The van der Waals surface area contributed by atoms with E-state index in [1.165, 1.54) is 23.5 Å². The lowest BCUT2D eigenvalue weighted by Crippen LogP contribution is -2.37. The molecule has 0 saturated carbocycles. The molecule has 10 heteroatoms. The number of rotatable bonds is 5. The zero-order valence-electron chi connectivity index (χ0n) is 16.1. The monoisotopic (exact) mass is 429 g/mol. The Morgan fingerprint density at radius 2 is 1.77 bits per heavy atom. The van der Waals surface area contributed by atoms with Crippen LogP contribution in [0.5, 0.6) is 5.75 Å². The van der Waals surface area contributed by atoms with Crippen LogP contribution in [0.3, 0.4) is 0 Å². The number of fused-ring (bicyclic) bond motifs is 1. The number of hydrogen-bond donors (Lipinski definition) is 1. The summed E-state index contributed by atoms with van der Waals surface area (Å²) in [6, 6.07) is 11.0. The normalized spacial score (nSPS) is 17.2. The second-order valence-corrected chi connectivity index (χ2v) is 8.93. The van der Waals surface area contributed by atoms with Gasteiger partial charge in [0.15, 0.2) is 0 Å². The fourth-order valence-electron chi connectivity index (χ4n) is 3.58. The van der Waals surface area contributed by atoms with Gasteiger partial charge in [0, 0.05) is 12.6 Å². The summed E-state index contributed by atoms with van der Waals surface area (Å²) < 4.78 is 30.8. The highest BCUT2D eigenvalue weighted by atomic mass is 32.2. The minimum atomic E-state index is -3.35. The van der Waals surface area contributed by atoms with Crippen LogP contribution in [-0.2, 0) is 14.8 Å². The van der Waals surface area contributed by atoms with Gasteiger partial charge in [-0.3, -0.25) is 23.6 Å². The highest BCUT2D eigenvalue weighted by Crippen LogP contribution is 2.33. The van der Waals surface area contributed by atoms with Crippen molar-refractivity contribution in [1.29, 1.82) is 0 Å². The van der Waals surface area contributed by atoms with Gasteiger partial charge < -0.3 is 10.1 Å². The minimum absolute atomic E-state index is 0.0914. The van der Waals surface area contributed by atoms with Crippen molar-refractivity contribution in [3.8, 4) is 5.75 Å². The summed E-state index contributed by atoms with van der Waals surface area (Å²) in [5, 5.41) is 2.62. The van der Waals surface area contributed by atoms with E-state index >= 15 is 0 Å². The Labute approximate surface area is 173 Å². The molecule has 30 heavy (non-hydrogen) atoms. The predicted molar refractivity (Wildman–Crippen MR) is 109 cm³/mol. The minimum Gasteiger partial charge on any atom is -0.494 e. The largest absolute Gasteiger partial charge is 0.494 e. The topological polar surface area (TPSA) is 113 Å². The summed E-state index contributed by atoms with van der Waals surface area (Å²) in [4.78, 5) is 38.2. The Hall–Kier alpha value is -3.40.